The molecule has 3 heteroatoms. The van der Waals surface area contributed by atoms with E-state index in [9.17, 15) is 4.79 Å². The molecule has 0 radical (unpaired) electrons. The first kappa shape index (κ1) is 13.2. The van der Waals surface area contributed by atoms with Crippen LogP contribution in [0.2, 0.25) is 0 Å². The molecule has 0 aliphatic rings. The van der Waals surface area contributed by atoms with Gasteiger partial charge in [-0.05, 0) is 24.0 Å². The van der Waals surface area contributed by atoms with Crippen molar-refractivity contribution < 1.29 is 9.53 Å². The van der Waals surface area contributed by atoms with Crippen molar-refractivity contribution in [1.29, 1.82) is 0 Å². The third-order valence-electron chi connectivity index (χ3n) is 2.38. The molecule has 0 saturated carbocycles. The number of ether oxygens (including phenoxy) is 1. The Morgan fingerprint density at radius 2 is 2.12 bits per heavy atom. The zero-order valence-electron chi connectivity index (χ0n) is 9.70. The number of hydrogen-bond donors (Lipinski definition) is 0. The molecule has 0 spiro atoms. The van der Waals surface area contributed by atoms with Gasteiger partial charge < -0.3 is 4.74 Å². The highest BCUT2D eigenvalue weighted by Crippen LogP contribution is 2.26. The molecule has 88 valence electrons. The average molecular weight is 285 g/mol. The Morgan fingerprint density at radius 1 is 1.44 bits per heavy atom. The second-order valence-corrected chi connectivity index (χ2v) is 4.70. The minimum Gasteiger partial charge on any atom is -0.466 e. The molecule has 16 heavy (non-hydrogen) atoms. The number of halogens is 1. The van der Waals surface area contributed by atoms with Gasteiger partial charge in [0, 0.05) is 4.47 Å². The van der Waals surface area contributed by atoms with Crippen molar-refractivity contribution in [3.05, 3.63) is 34.3 Å². The molecule has 0 saturated heterocycles. The van der Waals surface area contributed by atoms with Crippen LogP contribution in [0.15, 0.2) is 28.7 Å². The van der Waals surface area contributed by atoms with E-state index in [4.69, 9.17) is 4.74 Å². The lowest BCUT2D eigenvalue weighted by molar-refractivity contribution is -0.144. The summed E-state index contributed by atoms with van der Waals surface area (Å²) in [4.78, 5) is 11.5. The maximum atomic E-state index is 11.5. The average Bonchev–Trinajstić information content (AvgIpc) is 2.26. The fraction of sp³-hybridized carbons (Fsp3) is 0.462. The third-order valence-corrected chi connectivity index (χ3v) is 3.10. The van der Waals surface area contributed by atoms with Gasteiger partial charge in [0.15, 0.2) is 0 Å². The van der Waals surface area contributed by atoms with Crippen LogP contribution in [0.4, 0.5) is 0 Å². The van der Waals surface area contributed by atoms with Gasteiger partial charge in [-0.1, -0.05) is 48.0 Å². The van der Waals surface area contributed by atoms with Gasteiger partial charge in [-0.15, -0.1) is 0 Å². The van der Waals surface area contributed by atoms with Gasteiger partial charge in [0.2, 0.25) is 0 Å². The van der Waals surface area contributed by atoms with Crippen LogP contribution in [0.5, 0.6) is 0 Å². The minimum absolute atomic E-state index is 0.120. The van der Waals surface area contributed by atoms with Crippen molar-refractivity contribution in [1.82, 2.24) is 0 Å². The summed E-state index contributed by atoms with van der Waals surface area (Å²) < 4.78 is 6.12. The summed E-state index contributed by atoms with van der Waals surface area (Å²) in [5.41, 5.74) is 1.15. The van der Waals surface area contributed by atoms with Crippen molar-refractivity contribution >= 4 is 21.9 Å². The van der Waals surface area contributed by atoms with Gasteiger partial charge in [0.1, 0.15) is 0 Å². The highest BCUT2D eigenvalue weighted by Gasteiger charge is 2.14. The predicted octanol–water partition coefficient (Wildman–Crippen LogP) is 3.90. The molecule has 1 rings (SSSR count). The molecule has 1 unspecified atom stereocenters. The standard InChI is InChI=1S/C13H17BrO2/c1-3-8-16-13(15)9-10(2)11-6-4-5-7-12(11)14/h4-7,10H,3,8-9H2,1-2H3. The lowest BCUT2D eigenvalue weighted by atomic mass is 9.98. The van der Waals surface area contributed by atoms with Gasteiger partial charge in [0.05, 0.1) is 13.0 Å². The van der Waals surface area contributed by atoms with Crippen LogP contribution in [0.25, 0.3) is 0 Å². The Bertz CT molecular complexity index is 350. The Hall–Kier alpha value is -0.830. The van der Waals surface area contributed by atoms with Crippen LogP contribution in [-0.2, 0) is 9.53 Å². The maximum absolute atomic E-state index is 11.5. The summed E-state index contributed by atoms with van der Waals surface area (Å²) in [7, 11) is 0. The number of carbonyl (C=O) groups excluding carboxylic acids is 1. The van der Waals surface area contributed by atoms with E-state index < -0.39 is 0 Å². The Kier molecular flexibility index (Phi) is 5.53. The topological polar surface area (TPSA) is 26.3 Å². The van der Waals surface area contributed by atoms with E-state index in [1.807, 2.05) is 38.1 Å². The molecule has 0 fully saturated rings. The highest BCUT2D eigenvalue weighted by molar-refractivity contribution is 9.10. The largest absolute Gasteiger partial charge is 0.466 e. The van der Waals surface area contributed by atoms with Gasteiger partial charge in [-0.2, -0.15) is 0 Å². The van der Waals surface area contributed by atoms with E-state index in [1.54, 1.807) is 0 Å². The van der Waals surface area contributed by atoms with Gasteiger partial charge in [0.25, 0.3) is 0 Å². The zero-order valence-corrected chi connectivity index (χ0v) is 11.3. The van der Waals surface area contributed by atoms with E-state index in [-0.39, 0.29) is 11.9 Å². The Balaban J connectivity index is 2.55. The fourth-order valence-electron chi connectivity index (χ4n) is 1.51. The number of hydrogen-bond acceptors (Lipinski definition) is 2. The molecule has 0 aliphatic heterocycles. The molecule has 1 atom stereocenters. The van der Waals surface area contributed by atoms with E-state index in [2.05, 4.69) is 15.9 Å². The monoisotopic (exact) mass is 284 g/mol. The molecular formula is C13H17BrO2. The van der Waals surface area contributed by atoms with Crippen LogP contribution in [0.1, 0.15) is 38.2 Å². The first-order chi connectivity index (χ1) is 7.65. The third kappa shape index (κ3) is 3.97. The molecule has 0 aliphatic carbocycles. The quantitative estimate of drug-likeness (QED) is 0.767. The van der Waals surface area contributed by atoms with E-state index in [0.29, 0.717) is 13.0 Å². The normalized spacial score (nSPS) is 12.2. The van der Waals surface area contributed by atoms with Crippen LogP contribution < -0.4 is 0 Å². The Morgan fingerprint density at radius 3 is 2.75 bits per heavy atom. The Labute approximate surface area is 105 Å². The smallest absolute Gasteiger partial charge is 0.306 e. The van der Waals surface area contributed by atoms with Crippen LogP contribution in [0, 0.1) is 0 Å². The lowest BCUT2D eigenvalue weighted by Crippen LogP contribution is -2.09. The van der Waals surface area contributed by atoms with Crippen molar-refractivity contribution in [3.63, 3.8) is 0 Å². The summed E-state index contributed by atoms with van der Waals surface area (Å²) in [5, 5.41) is 0. The molecule has 1 aromatic carbocycles. The lowest BCUT2D eigenvalue weighted by Gasteiger charge is -2.12. The first-order valence-electron chi connectivity index (χ1n) is 5.55. The van der Waals surface area contributed by atoms with Gasteiger partial charge in [-0.25, -0.2) is 0 Å². The second kappa shape index (κ2) is 6.69. The molecule has 0 heterocycles. The van der Waals surface area contributed by atoms with E-state index in [0.717, 1.165) is 16.5 Å². The fourth-order valence-corrected chi connectivity index (χ4v) is 2.19. The summed E-state index contributed by atoms with van der Waals surface area (Å²) in [6.45, 7) is 4.54. The van der Waals surface area contributed by atoms with Crippen molar-refractivity contribution in [2.45, 2.75) is 32.6 Å². The van der Waals surface area contributed by atoms with E-state index in [1.165, 1.54) is 0 Å². The summed E-state index contributed by atoms with van der Waals surface area (Å²) in [5.74, 6) is 0.0602. The number of benzene rings is 1. The molecule has 2 nitrogen and oxygen atoms in total. The molecule has 0 aromatic heterocycles. The number of carbonyl (C=O) groups is 1. The van der Waals surface area contributed by atoms with Crippen molar-refractivity contribution in [3.8, 4) is 0 Å². The van der Waals surface area contributed by atoms with Gasteiger partial charge >= 0.3 is 5.97 Å². The number of esters is 1. The van der Waals surface area contributed by atoms with Crippen molar-refractivity contribution in [2.24, 2.45) is 0 Å². The van der Waals surface area contributed by atoms with Crippen molar-refractivity contribution in [2.75, 3.05) is 6.61 Å². The highest BCUT2D eigenvalue weighted by atomic mass is 79.9. The second-order valence-electron chi connectivity index (χ2n) is 3.85. The maximum Gasteiger partial charge on any atom is 0.306 e. The molecule has 0 amide bonds. The molecular weight excluding hydrogens is 268 g/mol. The van der Waals surface area contributed by atoms with Crippen LogP contribution in [-0.4, -0.2) is 12.6 Å². The zero-order chi connectivity index (χ0) is 12.0. The predicted molar refractivity (Wildman–Crippen MR) is 68.4 cm³/mol. The summed E-state index contributed by atoms with van der Waals surface area (Å²) >= 11 is 3.49. The minimum atomic E-state index is -0.120. The SMILES string of the molecule is CCCOC(=O)CC(C)c1ccccc1Br. The first-order valence-corrected chi connectivity index (χ1v) is 6.34. The van der Waals surface area contributed by atoms with Crippen LogP contribution in [0.3, 0.4) is 0 Å². The summed E-state index contributed by atoms with van der Waals surface area (Å²) in [6.07, 6.45) is 1.30. The summed E-state index contributed by atoms with van der Waals surface area (Å²) in [6, 6.07) is 7.97. The number of rotatable bonds is 5. The molecule has 1 aromatic rings. The van der Waals surface area contributed by atoms with Crippen LogP contribution >= 0.6 is 15.9 Å². The molecule has 0 bridgehead atoms. The molecule has 0 N–H and O–H groups in total. The van der Waals surface area contributed by atoms with Gasteiger partial charge in [-0.3, -0.25) is 4.79 Å². The van der Waals surface area contributed by atoms with E-state index >= 15 is 0 Å².